The van der Waals surface area contributed by atoms with Gasteiger partial charge in [0.15, 0.2) is 0 Å². The second-order valence-electron chi connectivity index (χ2n) is 6.35. The van der Waals surface area contributed by atoms with E-state index in [1.54, 1.807) is 0 Å². The maximum atomic E-state index is 6.20. The molecule has 2 nitrogen and oxygen atoms in total. The van der Waals surface area contributed by atoms with E-state index in [9.17, 15) is 0 Å². The van der Waals surface area contributed by atoms with Crippen molar-refractivity contribution in [3.05, 3.63) is 35.9 Å². The topological polar surface area (TPSA) is 38.0 Å². The zero-order valence-electron chi connectivity index (χ0n) is 12.2. The van der Waals surface area contributed by atoms with Crippen LogP contribution in [0.25, 0.3) is 0 Å². The second kappa shape index (κ2) is 7.06. The minimum Gasteiger partial charge on any atom is -0.324 e. The van der Waals surface area contributed by atoms with E-state index in [-0.39, 0.29) is 6.04 Å². The molecule has 3 N–H and O–H groups in total. The fourth-order valence-electron chi connectivity index (χ4n) is 3.11. The highest BCUT2D eigenvalue weighted by atomic mass is 14.9. The van der Waals surface area contributed by atoms with E-state index in [2.05, 4.69) is 36.5 Å². The lowest BCUT2D eigenvalue weighted by Gasteiger charge is -2.24. The predicted molar refractivity (Wildman–Crippen MR) is 82.0 cm³/mol. The van der Waals surface area contributed by atoms with Crippen LogP contribution in [0.15, 0.2) is 30.3 Å². The van der Waals surface area contributed by atoms with E-state index in [4.69, 9.17) is 5.73 Å². The molecule has 0 spiro atoms. The predicted octanol–water partition coefficient (Wildman–Crippen LogP) is 3.64. The summed E-state index contributed by atoms with van der Waals surface area (Å²) in [5.41, 5.74) is 8.01. The zero-order chi connectivity index (χ0) is 13.6. The van der Waals surface area contributed by atoms with Crippen molar-refractivity contribution in [2.45, 2.75) is 51.5 Å². The van der Waals surface area contributed by atoms with Gasteiger partial charge in [-0.3, -0.25) is 0 Å². The van der Waals surface area contributed by atoms with Gasteiger partial charge in [-0.2, -0.15) is 0 Å². The first-order chi connectivity index (χ1) is 9.20. The first-order valence-electron chi connectivity index (χ1n) is 7.71. The minimum absolute atomic E-state index is 0.185. The summed E-state index contributed by atoms with van der Waals surface area (Å²) in [5, 5.41) is 3.62. The molecule has 1 fully saturated rings. The molecule has 0 amide bonds. The van der Waals surface area contributed by atoms with Crippen LogP contribution in [0.5, 0.6) is 0 Å². The molecule has 1 atom stereocenters. The van der Waals surface area contributed by atoms with Crippen molar-refractivity contribution in [3.8, 4) is 0 Å². The van der Waals surface area contributed by atoms with Gasteiger partial charge >= 0.3 is 0 Å². The molecule has 0 saturated heterocycles. The molecular weight excluding hydrogens is 232 g/mol. The Hall–Kier alpha value is -0.860. The van der Waals surface area contributed by atoms with Gasteiger partial charge in [-0.05, 0) is 43.2 Å². The molecule has 0 aliphatic heterocycles. The van der Waals surface area contributed by atoms with Crippen LogP contribution in [0.3, 0.4) is 0 Å². The summed E-state index contributed by atoms with van der Waals surface area (Å²) < 4.78 is 0. The molecule has 1 aromatic carbocycles. The average Bonchev–Trinajstić information content (AvgIpc) is 2.86. The quantitative estimate of drug-likeness (QED) is 0.735. The third kappa shape index (κ3) is 4.63. The molecule has 0 heterocycles. The van der Waals surface area contributed by atoms with E-state index in [0.29, 0.717) is 5.41 Å². The fourth-order valence-corrected chi connectivity index (χ4v) is 3.11. The van der Waals surface area contributed by atoms with E-state index >= 15 is 0 Å². The number of benzene rings is 1. The number of nitrogens with two attached hydrogens (primary N) is 1. The molecular formula is C17H28N2. The molecule has 1 unspecified atom stereocenters. The van der Waals surface area contributed by atoms with Gasteiger partial charge in [0.1, 0.15) is 0 Å². The molecule has 1 saturated carbocycles. The van der Waals surface area contributed by atoms with Crippen molar-refractivity contribution in [1.29, 1.82) is 0 Å². The van der Waals surface area contributed by atoms with Crippen LogP contribution in [0, 0.1) is 5.41 Å². The summed E-state index contributed by atoms with van der Waals surface area (Å²) in [4.78, 5) is 0. The van der Waals surface area contributed by atoms with Gasteiger partial charge < -0.3 is 11.1 Å². The highest BCUT2D eigenvalue weighted by Crippen LogP contribution is 2.36. The fraction of sp³-hybridized carbons (Fsp3) is 0.647. The lowest BCUT2D eigenvalue weighted by molar-refractivity contribution is 0.314. The lowest BCUT2D eigenvalue weighted by atomic mass is 9.89. The van der Waals surface area contributed by atoms with E-state index in [0.717, 1.165) is 19.4 Å². The highest BCUT2D eigenvalue weighted by molar-refractivity contribution is 5.18. The molecule has 19 heavy (non-hydrogen) atoms. The number of hydrogen-bond acceptors (Lipinski definition) is 2. The Kier molecular flexibility index (Phi) is 5.41. The maximum absolute atomic E-state index is 6.20. The summed E-state index contributed by atoms with van der Waals surface area (Å²) in [6, 6.07) is 10.6. The van der Waals surface area contributed by atoms with Gasteiger partial charge in [-0.25, -0.2) is 0 Å². The van der Waals surface area contributed by atoms with Crippen LogP contribution >= 0.6 is 0 Å². The van der Waals surface area contributed by atoms with E-state index in [1.807, 2.05) is 6.07 Å². The Morgan fingerprint density at radius 3 is 2.58 bits per heavy atom. The van der Waals surface area contributed by atoms with E-state index in [1.165, 1.54) is 37.8 Å². The molecule has 1 aliphatic carbocycles. The van der Waals surface area contributed by atoms with E-state index < -0.39 is 0 Å². The summed E-state index contributed by atoms with van der Waals surface area (Å²) in [6.45, 7) is 4.69. The Bertz CT molecular complexity index is 355. The van der Waals surface area contributed by atoms with Crippen molar-refractivity contribution >= 4 is 0 Å². The van der Waals surface area contributed by atoms with Gasteiger partial charge in [-0.15, -0.1) is 0 Å². The molecule has 0 aromatic heterocycles. The van der Waals surface area contributed by atoms with Crippen LogP contribution < -0.4 is 11.1 Å². The van der Waals surface area contributed by atoms with Crippen LogP contribution in [-0.4, -0.2) is 13.1 Å². The van der Waals surface area contributed by atoms with Gasteiger partial charge in [0.2, 0.25) is 0 Å². The van der Waals surface area contributed by atoms with Gasteiger partial charge in [0.05, 0.1) is 0 Å². The number of hydrogen-bond donors (Lipinski definition) is 2. The minimum atomic E-state index is 0.185. The summed E-state index contributed by atoms with van der Waals surface area (Å²) in [7, 11) is 0. The third-order valence-corrected chi connectivity index (χ3v) is 4.46. The van der Waals surface area contributed by atoms with Crippen molar-refractivity contribution in [2.24, 2.45) is 11.1 Å². The maximum Gasteiger partial charge on any atom is 0.0295 e. The molecule has 2 rings (SSSR count). The van der Waals surface area contributed by atoms with Gasteiger partial charge in [0.25, 0.3) is 0 Å². The summed E-state index contributed by atoms with van der Waals surface area (Å²) in [6.07, 6.45) is 7.83. The van der Waals surface area contributed by atoms with Crippen molar-refractivity contribution in [3.63, 3.8) is 0 Å². The largest absolute Gasteiger partial charge is 0.324 e. The zero-order valence-corrected chi connectivity index (χ0v) is 12.2. The number of nitrogens with one attached hydrogen (secondary N) is 1. The lowest BCUT2D eigenvalue weighted by Crippen LogP contribution is -2.30. The van der Waals surface area contributed by atoms with Crippen LogP contribution in [0.4, 0.5) is 0 Å². The second-order valence-corrected chi connectivity index (χ2v) is 6.35. The Morgan fingerprint density at radius 1 is 1.21 bits per heavy atom. The standard InChI is InChI=1S/C17H28N2/c1-17(11-5-6-12-17)14-19-13-7-10-16(18)15-8-3-2-4-9-15/h2-4,8-9,16,19H,5-7,10-14,18H2,1H3. The summed E-state index contributed by atoms with van der Waals surface area (Å²) >= 11 is 0. The Morgan fingerprint density at radius 2 is 1.89 bits per heavy atom. The van der Waals surface area contributed by atoms with Crippen LogP contribution in [0.1, 0.15) is 57.1 Å². The Balaban J connectivity index is 1.59. The molecule has 1 aliphatic rings. The first kappa shape index (κ1) is 14.5. The Labute approximate surface area is 117 Å². The van der Waals surface area contributed by atoms with Crippen LogP contribution in [0.2, 0.25) is 0 Å². The third-order valence-electron chi connectivity index (χ3n) is 4.46. The normalized spacial score (nSPS) is 19.5. The van der Waals surface area contributed by atoms with Crippen molar-refractivity contribution in [1.82, 2.24) is 5.32 Å². The SMILES string of the molecule is CC1(CNCCCC(N)c2ccccc2)CCCC1. The van der Waals surface area contributed by atoms with Crippen LogP contribution in [-0.2, 0) is 0 Å². The molecule has 0 bridgehead atoms. The van der Waals surface area contributed by atoms with Gasteiger partial charge in [-0.1, -0.05) is 50.1 Å². The molecule has 0 radical (unpaired) electrons. The highest BCUT2D eigenvalue weighted by Gasteiger charge is 2.27. The van der Waals surface area contributed by atoms with Crippen molar-refractivity contribution < 1.29 is 0 Å². The monoisotopic (exact) mass is 260 g/mol. The molecule has 1 aromatic rings. The van der Waals surface area contributed by atoms with Crippen molar-refractivity contribution in [2.75, 3.05) is 13.1 Å². The first-order valence-corrected chi connectivity index (χ1v) is 7.71. The molecule has 106 valence electrons. The average molecular weight is 260 g/mol. The van der Waals surface area contributed by atoms with Gasteiger partial charge in [0, 0.05) is 12.6 Å². The number of rotatable bonds is 7. The smallest absolute Gasteiger partial charge is 0.0295 e. The molecule has 2 heteroatoms. The summed E-state index contributed by atoms with van der Waals surface area (Å²) in [5.74, 6) is 0.